The van der Waals surface area contributed by atoms with E-state index in [4.69, 9.17) is 4.74 Å². The Bertz CT molecular complexity index is 507. The van der Waals surface area contributed by atoms with Crippen LogP contribution in [0.4, 0.5) is 4.39 Å². The van der Waals surface area contributed by atoms with Crippen LogP contribution >= 0.6 is 0 Å². The van der Waals surface area contributed by atoms with Gasteiger partial charge in [0.25, 0.3) is 0 Å². The maximum absolute atomic E-state index is 14.4. The molecule has 0 aromatic heterocycles. The first-order chi connectivity index (χ1) is 11.2. The Morgan fingerprint density at radius 1 is 1.26 bits per heavy atom. The lowest BCUT2D eigenvalue weighted by atomic mass is 10.00. The zero-order valence-electron chi connectivity index (χ0n) is 14.1. The topological polar surface area (TPSA) is 32.7 Å². The fraction of sp³-hybridized carbons (Fsp3) is 0.684. The molecule has 0 unspecified atom stereocenters. The summed E-state index contributed by atoms with van der Waals surface area (Å²) >= 11 is 0. The van der Waals surface area contributed by atoms with Crippen LogP contribution in [-0.4, -0.2) is 42.4 Å². The first-order valence-electron chi connectivity index (χ1n) is 8.94. The first kappa shape index (κ1) is 16.7. The van der Waals surface area contributed by atoms with Crippen LogP contribution in [0.2, 0.25) is 0 Å². The van der Waals surface area contributed by atoms with Crippen molar-refractivity contribution < 1.29 is 14.2 Å². The molecule has 0 spiro atoms. The summed E-state index contributed by atoms with van der Waals surface area (Å²) in [5.74, 6) is 1.17. The summed E-state index contributed by atoms with van der Waals surface area (Å²) in [4.78, 5) is 2.31. The second-order valence-electron chi connectivity index (χ2n) is 7.07. The molecule has 0 amide bonds. The fourth-order valence-corrected chi connectivity index (χ4v) is 3.46. The molecule has 23 heavy (non-hydrogen) atoms. The molecule has 1 aliphatic heterocycles. The van der Waals surface area contributed by atoms with Crippen LogP contribution in [0.3, 0.4) is 0 Å². The molecule has 0 radical (unpaired) electrons. The van der Waals surface area contributed by atoms with Crippen molar-refractivity contribution in [1.29, 1.82) is 0 Å². The van der Waals surface area contributed by atoms with Gasteiger partial charge in [0.1, 0.15) is 11.6 Å². The van der Waals surface area contributed by atoms with Gasteiger partial charge in [-0.2, -0.15) is 0 Å². The molecule has 1 heterocycles. The SMILES string of the molecule is Cc1cc(OCC2CC2)cc(F)c1CCN1CCCC[C@H]1CO. The van der Waals surface area contributed by atoms with Gasteiger partial charge < -0.3 is 9.84 Å². The van der Waals surface area contributed by atoms with Crippen LogP contribution in [0.15, 0.2) is 12.1 Å². The molecule has 3 rings (SSSR count). The average Bonchev–Trinajstić information content (AvgIpc) is 3.37. The number of hydrogen-bond donors (Lipinski definition) is 1. The fourth-order valence-electron chi connectivity index (χ4n) is 3.46. The Hall–Kier alpha value is -1.13. The van der Waals surface area contributed by atoms with Gasteiger partial charge in [-0.1, -0.05) is 6.42 Å². The highest BCUT2D eigenvalue weighted by Crippen LogP contribution is 2.30. The minimum Gasteiger partial charge on any atom is -0.493 e. The normalized spacial score (nSPS) is 22.3. The number of benzene rings is 1. The molecular weight excluding hydrogens is 293 g/mol. The van der Waals surface area contributed by atoms with Gasteiger partial charge in [-0.25, -0.2) is 4.39 Å². The molecule has 2 aliphatic rings. The predicted molar refractivity (Wildman–Crippen MR) is 89.4 cm³/mol. The highest BCUT2D eigenvalue weighted by atomic mass is 19.1. The van der Waals surface area contributed by atoms with Crippen LogP contribution < -0.4 is 4.74 Å². The quantitative estimate of drug-likeness (QED) is 0.836. The van der Waals surface area contributed by atoms with E-state index in [0.717, 1.165) is 30.6 Å². The maximum atomic E-state index is 14.4. The lowest BCUT2D eigenvalue weighted by molar-refractivity contribution is 0.0911. The molecule has 4 heteroatoms. The second kappa shape index (κ2) is 7.63. The van der Waals surface area contributed by atoms with Crippen LogP contribution in [0.1, 0.15) is 43.2 Å². The van der Waals surface area contributed by atoms with Gasteiger partial charge in [0.05, 0.1) is 13.2 Å². The summed E-state index contributed by atoms with van der Waals surface area (Å²) < 4.78 is 20.1. The lowest BCUT2D eigenvalue weighted by Crippen LogP contribution is -2.42. The summed E-state index contributed by atoms with van der Waals surface area (Å²) in [6.07, 6.45) is 6.57. The molecule has 2 fully saturated rings. The van der Waals surface area contributed by atoms with Gasteiger partial charge in [0, 0.05) is 18.7 Å². The molecule has 1 aromatic carbocycles. The van der Waals surface area contributed by atoms with E-state index >= 15 is 0 Å². The highest BCUT2D eigenvalue weighted by molar-refractivity contribution is 5.36. The molecule has 128 valence electrons. The largest absolute Gasteiger partial charge is 0.493 e. The molecule has 1 aliphatic carbocycles. The van der Waals surface area contributed by atoms with Gasteiger partial charge in [-0.05, 0) is 68.7 Å². The number of aliphatic hydroxyl groups excluding tert-OH is 1. The third kappa shape index (κ3) is 4.45. The van der Waals surface area contributed by atoms with Gasteiger partial charge >= 0.3 is 0 Å². The number of likely N-dealkylation sites (tertiary alicyclic amines) is 1. The van der Waals surface area contributed by atoms with E-state index in [0.29, 0.717) is 24.7 Å². The minimum absolute atomic E-state index is 0.159. The van der Waals surface area contributed by atoms with E-state index in [1.807, 2.05) is 13.0 Å². The van der Waals surface area contributed by atoms with Gasteiger partial charge in [0.15, 0.2) is 0 Å². The third-order valence-corrected chi connectivity index (χ3v) is 5.18. The molecule has 0 bridgehead atoms. The van der Waals surface area contributed by atoms with E-state index in [-0.39, 0.29) is 18.5 Å². The Morgan fingerprint density at radius 3 is 2.78 bits per heavy atom. The number of rotatable bonds is 7. The first-order valence-corrected chi connectivity index (χ1v) is 8.94. The smallest absolute Gasteiger partial charge is 0.130 e. The lowest BCUT2D eigenvalue weighted by Gasteiger charge is -2.34. The Kier molecular flexibility index (Phi) is 5.54. The summed E-state index contributed by atoms with van der Waals surface area (Å²) in [5, 5.41) is 9.48. The zero-order chi connectivity index (χ0) is 16.2. The molecule has 1 atom stereocenters. The van der Waals surface area contributed by atoms with Crippen molar-refractivity contribution in [3.05, 3.63) is 29.1 Å². The Balaban J connectivity index is 1.60. The van der Waals surface area contributed by atoms with E-state index in [1.54, 1.807) is 0 Å². The monoisotopic (exact) mass is 321 g/mol. The molecular formula is C19H28FNO2. The van der Waals surface area contributed by atoms with Crippen LogP contribution in [0.25, 0.3) is 0 Å². The third-order valence-electron chi connectivity index (χ3n) is 5.18. The number of aliphatic hydroxyl groups is 1. The van der Waals surface area contributed by atoms with E-state index in [9.17, 15) is 9.50 Å². The number of hydrogen-bond acceptors (Lipinski definition) is 3. The molecule has 1 aromatic rings. The van der Waals surface area contributed by atoms with Crippen LogP contribution in [-0.2, 0) is 6.42 Å². The van der Waals surface area contributed by atoms with Crippen molar-refractivity contribution in [2.45, 2.75) is 51.5 Å². The number of nitrogens with zero attached hydrogens (tertiary/aromatic N) is 1. The van der Waals surface area contributed by atoms with Crippen molar-refractivity contribution in [3.8, 4) is 5.75 Å². The van der Waals surface area contributed by atoms with Crippen molar-refractivity contribution >= 4 is 0 Å². The van der Waals surface area contributed by atoms with Crippen molar-refractivity contribution in [3.63, 3.8) is 0 Å². The summed E-state index contributed by atoms with van der Waals surface area (Å²) in [6.45, 7) is 4.70. The van der Waals surface area contributed by atoms with Crippen LogP contribution in [0.5, 0.6) is 5.75 Å². The molecule has 1 saturated heterocycles. The van der Waals surface area contributed by atoms with E-state index in [1.165, 1.54) is 31.7 Å². The molecule has 1 saturated carbocycles. The maximum Gasteiger partial charge on any atom is 0.130 e. The summed E-state index contributed by atoms with van der Waals surface area (Å²) in [7, 11) is 0. The number of ether oxygens (including phenoxy) is 1. The van der Waals surface area contributed by atoms with Gasteiger partial charge in [-0.15, -0.1) is 0 Å². The molecule has 3 nitrogen and oxygen atoms in total. The Morgan fingerprint density at radius 2 is 2.09 bits per heavy atom. The average molecular weight is 321 g/mol. The number of piperidine rings is 1. The van der Waals surface area contributed by atoms with Crippen LogP contribution in [0, 0.1) is 18.7 Å². The second-order valence-corrected chi connectivity index (χ2v) is 7.07. The van der Waals surface area contributed by atoms with Gasteiger partial charge in [0.2, 0.25) is 0 Å². The van der Waals surface area contributed by atoms with Crippen molar-refractivity contribution in [1.82, 2.24) is 4.90 Å². The zero-order valence-corrected chi connectivity index (χ0v) is 14.1. The minimum atomic E-state index is -0.159. The summed E-state index contributed by atoms with van der Waals surface area (Å²) in [5.41, 5.74) is 1.75. The van der Waals surface area contributed by atoms with E-state index < -0.39 is 0 Å². The highest BCUT2D eigenvalue weighted by Gasteiger charge is 2.23. The Labute approximate surface area is 138 Å². The van der Waals surface area contributed by atoms with Gasteiger partial charge in [-0.3, -0.25) is 4.90 Å². The standard InChI is InChI=1S/C19H28FNO2/c1-14-10-17(23-13-15-5-6-15)11-19(20)18(14)7-9-21-8-3-2-4-16(21)12-22/h10-11,15-16,22H,2-9,12-13H2,1H3/t16-/m0/s1. The summed E-state index contributed by atoms with van der Waals surface area (Å²) in [6, 6.07) is 3.73. The molecule has 1 N–H and O–H groups in total. The number of aryl methyl sites for hydroxylation is 1. The number of halogens is 1. The van der Waals surface area contributed by atoms with E-state index in [2.05, 4.69) is 4.90 Å². The van der Waals surface area contributed by atoms with Crippen molar-refractivity contribution in [2.75, 3.05) is 26.3 Å². The predicted octanol–water partition coefficient (Wildman–Crippen LogP) is 3.31. The van der Waals surface area contributed by atoms with Crippen molar-refractivity contribution in [2.24, 2.45) is 5.92 Å².